The summed E-state index contributed by atoms with van der Waals surface area (Å²) in [5.41, 5.74) is 3.78. The Morgan fingerprint density at radius 2 is 2.19 bits per heavy atom. The molecule has 0 radical (unpaired) electrons. The summed E-state index contributed by atoms with van der Waals surface area (Å²) in [6, 6.07) is 0.476. The summed E-state index contributed by atoms with van der Waals surface area (Å²) in [5.74, 6) is 0. The molecular formula is C13H23N3. The summed E-state index contributed by atoms with van der Waals surface area (Å²) in [6.45, 7) is 11.2. The maximum Gasteiger partial charge on any atom is 0.0628 e. The summed E-state index contributed by atoms with van der Waals surface area (Å²) in [4.78, 5) is 0. The molecule has 1 aromatic heterocycles. The van der Waals surface area contributed by atoms with Crippen molar-refractivity contribution in [2.45, 2.75) is 39.7 Å². The van der Waals surface area contributed by atoms with Gasteiger partial charge in [-0.2, -0.15) is 5.10 Å². The Balaban J connectivity index is 2.79. The third-order valence-corrected chi connectivity index (χ3v) is 3.05. The number of nitrogens with zero attached hydrogens (tertiary/aromatic N) is 2. The highest BCUT2D eigenvalue weighted by Gasteiger charge is 2.14. The van der Waals surface area contributed by atoms with E-state index in [2.05, 4.69) is 37.8 Å². The minimum atomic E-state index is 0.476. The molecule has 1 aromatic rings. The molecule has 0 saturated carbocycles. The first kappa shape index (κ1) is 13.0. The molecule has 0 aliphatic carbocycles. The second-order valence-electron chi connectivity index (χ2n) is 4.26. The molecule has 1 unspecified atom stereocenters. The van der Waals surface area contributed by atoms with Crippen LogP contribution in [-0.4, -0.2) is 22.4 Å². The maximum atomic E-state index is 4.45. The molecule has 3 heteroatoms. The van der Waals surface area contributed by atoms with Crippen LogP contribution in [0.25, 0.3) is 0 Å². The Morgan fingerprint density at radius 1 is 1.50 bits per heavy atom. The summed E-state index contributed by atoms with van der Waals surface area (Å²) in [5, 5.41) is 7.93. The molecule has 1 rings (SSSR count). The van der Waals surface area contributed by atoms with Crippen molar-refractivity contribution in [3.63, 3.8) is 0 Å². The highest BCUT2D eigenvalue weighted by Crippen LogP contribution is 2.15. The van der Waals surface area contributed by atoms with Crippen LogP contribution in [0, 0.1) is 13.8 Å². The molecule has 0 bridgehead atoms. The third-order valence-electron chi connectivity index (χ3n) is 3.05. The van der Waals surface area contributed by atoms with E-state index in [9.17, 15) is 0 Å². The molecule has 0 amide bonds. The summed E-state index contributed by atoms with van der Waals surface area (Å²) in [6.07, 6.45) is 4.02. The molecule has 0 saturated heterocycles. The molecule has 0 fully saturated rings. The van der Waals surface area contributed by atoms with E-state index in [-0.39, 0.29) is 0 Å². The maximum absolute atomic E-state index is 4.45. The second kappa shape index (κ2) is 5.85. The molecule has 0 aliphatic rings. The Hall–Kier alpha value is -1.09. The Labute approximate surface area is 98.5 Å². The average molecular weight is 221 g/mol. The highest BCUT2D eigenvalue weighted by molar-refractivity contribution is 5.25. The molecule has 90 valence electrons. The topological polar surface area (TPSA) is 29.9 Å². The van der Waals surface area contributed by atoms with Gasteiger partial charge in [0.1, 0.15) is 0 Å². The molecule has 0 aliphatic heterocycles. The van der Waals surface area contributed by atoms with Gasteiger partial charge in [-0.15, -0.1) is 6.58 Å². The van der Waals surface area contributed by atoms with E-state index in [0.717, 1.165) is 25.1 Å². The van der Waals surface area contributed by atoms with Gasteiger partial charge in [-0.1, -0.05) is 13.0 Å². The zero-order valence-corrected chi connectivity index (χ0v) is 10.9. The number of nitrogens with one attached hydrogen (secondary N) is 1. The fraction of sp³-hybridized carbons (Fsp3) is 0.615. The van der Waals surface area contributed by atoms with Crippen LogP contribution in [0.5, 0.6) is 0 Å². The van der Waals surface area contributed by atoms with Crippen molar-refractivity contribution in [1.82, 2.24) is 15.1 Å². The molecule has 16 heavy (non-hydrogen) atoms. The smallest absolute Gasteiger partial charge is 0.0628 e. The van der Waals surface area contributed by atoms with Crippen LogP contribution in [0.4, 0.5) is 0 Å². The molecule has 3 nitrogen and oxygen atoms in total. The van der Waals surface area contributed by atoms with Gasteiger partial charge in [-0.25, -0.2) is 0 Å². The quantitative estimate of drug-likeness (QED) is 0.746. The minimum absolute atomic E-state index is 0.476. The van der Waals surface area contributed by atoms with Crippen molar-refractivity contribution in [3.8, 4) is 0 Å². The number of hydrogen-bond acceptors (Lipinski definition) is 2. The normalized spacial score (nSPS) is 12.8. The van der Waals surface area contributed by atoms with E-state index in [1.54, 1.807) is 0 Å². The zero-order chi connectivity index (χ0) is 12.1. The monoisotopic (exact) mass is 221 g/mol. The van der Waals surface area contributed by atoms with Crippen LogP contribution in [0.3, 0.4) is 0 Å². The highest BCUT2D eigenvalue weighted by atomic mass is 15.3. The van der Waals surface area contributed by atoms with E-state index >= 15 is 0 Å². The number of likely N-dealkylation sites (N-methyl/N-ethyl adjacent to an activating group) is 1. The molecule has 1 heterocycles. The number of aryl methyl sites for hydroxylation is 2. The van der Waals surface area contributed by atoms with Crippen LogP contribution in [0.2, 0.25) is 0 Å². The van der Waals surface area contributed by atoms with E-state index in [1.165, 1.54) is 11.3 Å². The molecule has 0 spiro atoms. The van der Waals surface area contributed by atoms with E-state index < -0.39 is 0 Å². The minimum Gasteiger partial charge on any atom is -0.314 e. The van der Waals surface area contributed by atoms with Gasteiger partial charge in [0.15, 0.2) is 0 Å². The van der Waals surface area contributed by atoms with Gasteiger partial charge in [0.25, 0.3) is 0 Å². The first-order chi connectivity index (χ1) is 7.60. The Kier molecular flexibility index (Phi) is 4.74. The lowest BCUT2D eigenvalue weighted by Crippen LogP contribution is -2.30. The van der Waals surface area contributed by atoms with E-state index in [1.807, 2.05) is 17.8 Å². The van der Waals surface area contributed by atoms with Crippen LogP contribution in [-0.2, 0) is 13.5 Å². The van der Waals surface area contributed by atoms with Gasteiger partial charge >= 0.3 is 0 Å². The van der Waals surface area contributed by atoms with Crippen molar-refractivity contribution in [1.29, 1.82) is 0 Å². The fourth-order valence-electron chi connectivity index (χ4n) is 2.09. The zero-order valence-electron chi connectivity index (χ0n) is 10.9. The lowest BCUT2D eigenvalue weighted by molar-refractivity contribution is 0.527. The average Bonchev–Trinajstić information content (AvgIpc) is 2.46. The number of rotatable bonds is 6. The third kappa shape index (κ3) is 2.95. The number of hydrogen-bond donors (Lipinski definition) is 1. The first-order valence-electron chi connectivity index (χ1n) is 5.93. The lowest BCUT2D eigenvalue weighted by Gasteiger charge is -2.16. The Bertz CT molecular complexity index is 352. The second-order valence-corrected chi connectivity index (χ2v) is 4.26. The van der Waals surface area contributed by atoms with Crippen LogP contribution in [0.1, 0.15) is 30.3 Å². The van der Waals surface area contributed by atoms with E-state index in [4.69, 9.17) is 0 Å². The molecule has 1 N–H and O–H groups in total. The van der Waals surface area contributed by atoms with Gasteiger partial charge in [-0.3, -0.25) is 4.68 Å². The predicted octanol–water partition coefficient (Wildman–Crippen LogP) is 2.13. The predicted molar refractivity (Wildman–Crippen MR) is 68.7 cm³/mol. The first-order valence-corrected chi connectivity index (χ1v) is 5.93. The van der Waals surface area contributed by atoms with Crippen molar-refractivity contribution >= 4 is 0 Å². The SMILES string of the molecule is C=CCC(Cc1c(C)nn(C)c1C)NCC. The van der Waals surface area contributed by atoms with Gasteiger partial charge in [-0.05, 0) is 38.8 Å². The van der Waals surface area contributed by atoms with Crippen LogP contribution < -0.4 is 5.32 Å². The van der Waals surface area contributed by atoms with Crippen molar-refractivity contribution in [2.24, 2.45) is 7.05 Å². The van der Waals surface area contributed by atoms with Gasteiger partial charge in [0, 0.05) is 18.8 Å². The standard InChI is InChI=1S/C13H23N3/c1-6-8-12(14-7-2)9-13-10(3)15-16(5)11(13)4/h6,12,14H,1,7-9H2,2-5H3. The van der Waals surface area contributed by atoms with Crippen molar-refractivity contribution in [2.75, 3.05) is 6.54 Å². The van der Waals surface area contributed by atoms with Gasteiger partial charge < -0.3 is 5.32 Å². The summed E-state index contributed by atoms with van der Waals surface area (Å²) >= 11 is 0. The van der Waals surface area contributed by atoms with Gasteiger partial charge in [0.2, 0.25) is 0 Å². The fourth-order valence-corrected chi connectivity index (χ4v) is 2.09. The van der Waals surface area contributed by atoms with Crippen LogP contribution >= 0.6 is 0 Å². The lowest BCUT2D eigenvalue weighted by atomic mass is 10.0. The van der Waals surface area contributed by atoms with Gasteiger partial charge in [0.05, 0.1) is 5.69 Å². The summed E-state index contributed by atoms with van der Waals surface area (Å²) < 4.78 is 1.96. The Morgan fingerprint density at radius 3 is 2.62 bits per heavy atom. The van der Waals surface area contributed by atoms with Crippen LogP contribution in [0.15, 0.2) is 12.7 Å². The molecular weight excluding hydrogens is 198 g/mol. The summed E-state index contributed by atoms with van der Waals surface area (Å²) in [7, 11) is 2.00. The van der Waals surface area contributed by atoms with E-state index in [0.29, 0.717) is 6.04 Å². The van der Waals surface area contributed by atoms with Crippen molar-refractivity contribution in [3.05, 3.63) is 29.6 Å². The van der Waals surface area contributed by atoms with Crippen molar-refractivity contribution < 1.29 is 0 Å². The largest absolute Gasteiger partial charge is 0.314 e. The number of aromatic nitrogens is 2. The molecule has 1 atom stereocenters. The molecule has 0 aromatic carbocycles.